The van der Waals surface area contributed by atoms with Crippen molar-refractivity contribution in [3.05, 3.63) is 35.9 Å². The van der Waals surface area contributed by atoms with E-state index in [-0.39, 0.29) is 43.2 Å². The zero-order chi connectivity index (χ0) is 16.7. The highest BCUT2D eigenvalue weighted by Gasteiger charge is 2.31. The second-order valence-corrected chi connectivity index (χ2v) is 5.49. The van der Waals surface area contributed by atoms with E-state index < -0.39 is 0 Å². The molecule has 1 aliphatic rings. The molecule has 0 aromatic heterocycles. The molecule has 0 radical (unpaired) electrons. The minimum absolute atomic E-state index is 0.0144. The molecule has 2 amide bonds. The maximum atomic E-state index is 12.0. The Morgan fingerprint density at radius 3 is 2.74 bits per heavy atom. The molecule has 0 spiro atoms. The highest BCUT2D eigenvalue weighted by atomic mass is 16.5. The average molecular weight is 318 g/mol. The third kappa shape index (κ3) is 5.09. The number of nitrogens with one attached hydrogen (secondary N) is 1. The molecule has 1 aromatic rings. The van der Waals surface area contributed by atoms with E-state index in [4.69, 9.17) is 4.74 Å². The molecule has 1 atom stereocenters. The average Bonchev–Trinajstić information content (AvgIpc) is 2.89. The Bertz CT molecular complexity index is 559. The van der Waals surface area contributed by atoms with Gasteiger partial charge in [-0.1, -0.05) is 30.3 Å². The van der Waals surface area contributed by atoms with Crippen LogP contribution in [-0.4, -0.2) is 48.9 Å². The van der Waals surface area contributed by atoms with Gasteiger partial charge in [0.1, 0.15) is 0 Å². The van der Waals surface area contributed by atoms with Crippen LogP contribution >= 0.6 is 0 Å². The van der Waals surface area contributed by atoms with Crippen molar-refractivity contribution < 1.29 is 19.1 Å². The summed E-state index contributed by atoms with van der Waals surface area (Å²) in [5.74, 6) is -0.471. The molecule has 1 N–H and O–H groups in total. The molecule has 1 aromatic carbocycles. The van der Waals surface area contributed by atoms with Gasteiger partial charge in [0.2, 0.25) is 11.8 Å². The summed E-state index contributed by atoms with van der Waals surface area (Å²) < 4.78 is 4.78. The lowest BCUT2D eigenvalue weighted by atomic mass is 9.99. The van der Waals surface area contributed by atoms with Crippen LogP contribution in [0.1, 0.15) is 31.2 Å². The molecule has 6 heteroatoms. The lowest BCUT2D eigenvalue weighted by Crippen LogP contribution is -2.38. The van der Waals surface area contributed by atoms with Crippen LogP contribution in [0.15, 0.2) is 30.3 Å². The number of likely N-dealkylation sites (tertiary alicyclic amines) is 1. The standard InChI is InChI=1S/C17H22N2O4/c1-2-23-17(22)8-9-18-15(20)12-19-11-14(10-16(19)21)13-6-4-3-5-7-13/h3-7,14H,2,8-12H2,1H3,(H,18,20). The van der Waals surface area contributed by atoms with Gasteiger partial charge in [-0.05, 0) is 12.5 Å². The van der Waals surface area contributed by atoms with Gasteiger partial charge in [-0.15, -0.1) is 0 Å². The van der Waals surface area contributed by atoms with E-state index >= 15 is 0 Å². The van der Waals surface area contributed by atoms with Gasteiger partial charge in [0, 0.05) is 25.4 Å². The van der Waals surface area contributed by atoms with Crippen LogP contribution in [0, 0.1) is 0 Å². The van der Waals surface area contributed by atoms with Gasteiger partial charge in [-0.3, -0.25) is 14.4 Å². The van der Waals surface area contributed by atoms with Crippen molar-refractivity contribution in [1.29, 1.82) is 0 Å². The topological polar surface area (TPSA) is 75.7 Å². The first-order chi connectivity index (χ1) is 11.1. The third-order valence-corrected chi connectivity index (χ3v) is 3.78. The maximum absolute atomic E-state index is 12.0. The van der Waals surface area contributed by atoms with Gasteiger partial charge in [-0.2, -0.15) is 0 Å². The van der Waals surface area contributed by atoms with Crippen molar-refractivity contribution in [3.8, 4) is 0 Å². The molecular weight excluding hydrogens is 296 g/mol. The Morgan fingerprint density at radius 1 is 1.30 bits per heavy atom. The minimum atomic E-state index is -0.339. The lowest BCUT2D eigenvalue weighted by Gasteiger charge is -2.16. The molecule has 2 rings (SSSR count). The highest BCUT2D eigenvalue weighted by molar-refractivity contribution is 5.86. The summed E-state index contributed by atoms with van der Waals surface area (Å²) in [7, 11) is 0. The summed E-state index contributed by atoms with van der Waals surface area (Å²) in [5, 5.41) is 2.64. The number of hydrogen-bond acceptors (Lipinski definition) is 4. The first-order valence-corrected chi connectivity index (χ1v) is 7.85. The summed E-state index contributed by atoms with van der Waals surface area (Å²) in [4.78, 5) is 36.7. The fourth-order valence-corrected chi connectivity index (χ4v) is 2.64. The molecule has 124 valence electrons. The van der Waals surface area contributed by atoms with Crippen LogP contribution in [0.4, 0.5) is 0 Å². The summed E-state index contributed by atoms with van der Waals surface area (Å²) in [6.07, 6.45) is 0.570. The Balaban J connectivity index is 1.76. The molecule has 1 heterocycles. The predicted molar refractivity (Wildman–Crippen MR) is 84.6 cm³/mol. The van der Waals surface area contributed by atoms with Crippen molar-refractivity contribution >= 4 is 17.8 Å². The van der Waals surface area contributed by atoms with E-state index in [9.17, 15) is 14.4 Å². The first-order valence-electron chi connectivity index (χ1n) is 7.85. The largest absolute Gasteiger partial charge is 0.466 e. The molecule has 1 saturated heterocycles. The van der Waals surface area contributed by atoms with Crippen molar-refractivity contribution in [2.75, 3.05) is 26.2 Å². The number of nitrogens with zero attached hydrogens (tertiary/aromatic N) is 1. The number of carbonyl (C=O) groups excluding carboxylic acids is 3. The van der Waals surface area contributed by atoms with Gasteiger partial charge in [0.05, 0.1) is 19.6 Å². The first kappa shape index (κ1) is 17.0. The van der Waals surface area contributed by atoms with Crippen LogP contribution in [-0.2, 0) is 19.1 Å². The monoisotopic (exact) mass is 318 g/mol. The zero-order valence-corrected chi connectivity index (χ0v) is 13.3. The second-order valence-electron chi connectivity index (χ2n) is 5.49. The van der Waals surface area contributed by atoms with Gasteiger partial charge in [0.15, 0.2) is 0 Å². The summed E-state index contributed by atoms with van der Waals surface area (Å²) in [6.45, 7) is 2.87. The number of ether oxygens (including phenoxy) is 1. The lowest BCUT2D eigenvalue weighted by molar-refractivity contribution is -0.143. The van der Waals surface area contributed by atoms with E-state index in [0.717, 1.165) is 5.56 Å². The second kappa shape index (κ2) is 8.31. The predicted octanol–water partition coefficient (Wildman–Crippen LogP) is 1.07. The quantitative estimate of drug-likeness (QED) is 0.763. The number of rotatable bonds is 7. The number of hydrogen-bond donors (Lipinski definition) is 1. The molecule has 1 fully saturated rings. The van der Waals surface area contributed by atoms with Gasteiger partial charge >= 0.3 is 5.97 Å². The Hall–Kier alpha value is -2.37. The fourth-order valence-electron chi connectivity index (χ4n) is 2.64. The van der Waals surface area contributed by atoms with E-state index in [1.54, 1.807) is 11.8 Å². The van der Waals surface area contributed by atoms with Crippen LogP contribution in [0.5, 0.6) is 0 Å². The van der Waals surface area contributed by atoms with Gasteiger partial charge < -0.3 is 15.0 Å². The number of esters is 1. The van der Waals surface area contributed by atoms with Crippen LogP contribution < -0.4 is 5.32 Å². The molecule has 0 saturated carbocycles. The maximum Gasteiger partial charge on any atom is 0.307 e. The molecule has 0 bridgehead atoms. The van der Waals surface area contributed by atoms with Crippen molar-refractivity contribution in [1.82, 2.24) is 10.2 Å². The number of benzene rings is 1. The Kier molecular flexibility index (Phi) is 6.14. The van der Waals surface area contributed by atoms with E-state index in [1.807, 2.05) is 30.3 Å². The van der Waals surface area contributed by atoms with Crippen molar-refractivity contribution in [2.45, 2.75) is 25.7 Å². The van der Waals surface area contributed by atoms with E-state index in [2.05, 4.69) is 5.32 Å². The molecule has 1 aliphatic heterocycles. The normalized spacial score (nSPS) is 17.2. The van der Waals surface area contributed by atoms with E-state index in [1.165, 1.54) is 0 Å². The number of carbonyl (C=O) groups is 3. The summed E-state index contributed by atoms with van der Waals surface area (Å²) in [5.41, 5.74) is 1.12. The summed E-state index contributed by atoms with van der Waals surface area (Å²) >= 11 is 0. The smallest absolute Gasteiger partial charge is 0.307 e. The third-order valence-electron chi connectivity index (χ3n) is 3.78. The van der Waals surface area contributed by atoms with Gasteiger partial charge in [-0.25, -0.2) is 0 Å². The van der Waals surface area contributed by atoms with Crippen molar-refractivity contribution in [2.24, 2.45) is 0 Å². The molecule has 6 nitrogen and oxygen atoms in total. The molecule has 23 heavy (non-hydrogen) atoms. The molecule has 1 unspecified atom stereocenters. The van der Waals surface area contributed by atoms with Crippen LogP contribution in [0.2, 0.25) is 0 Å². The fraction of sp³-hybridized carbons (Fsp3) is 0.471. The SMILES string of the molecule is CCOC(=O)CCNC(=O)CN1CC(c2ccccc2)CC1=O. The Morgan fingerprint density at radius 2 is 2.04 bits per heavy atom. The van der Waals surface area contributed by atoms with Crippen LogP contribution in [0.25, 0.3) is 0 Å². The zero-order valence-electron chi connectivity index (χ0n) is 13.3. The highest BCUT2D eigenvalue weighted by Crippen LogP contribution is 2.27. The molecule has 0 aliphatic carbocycles. The van der Waals surface area contributed by atoms with Gasteiger partial charge in [0.25, 0.3) is 0 Å². The van der Waals surface area contributed by atoms with Crippen LogP contribution in [0.3, 0.4) is 0 Å². The van der Waals surface area contributed by atoms with E-state index in [0.29, 0.717) is 19.6 Å². The Labute approximate surface area is 135 Å². The van der Waals surface area contributed by atoms with Crippen molar-refractivity contribution in [3.63, 3.8) is 0 Å². The molecular formula is C17H22N2O4. The minimum Gasteiger partial charge on any atom is -0.466 e. The number of amides is 2. The summed E-state index contributed by atoms with van der Waals surface area (Å²) in [6, 6.07) is 9.84.